The molecule has 0 aromatic heterocycles. The molecule has 6 heteroatoms. The minimum absolute atomic E-state index is 0.0923. The Hall–Kier alpha value is -0.790. The molecule has 5 aliphatic carbocycles. The average Bonchev–Trinajstić information content (AvgIpc) is 3.27. The third-order valence-corrected chi connectivity index (χ3v) is 13.5. The molecule has 2 bridgehead atoms. The van der Waals surface area contributed by atoms with Crippen molar-refractivity contribution in [2.24, 2.45) is 50.7 Å². The zero-order valence-electron chi connectivity index (χ0n) is 22.9. The number of rotatable bonds is 1. The maximum absolute atomic E-state index is 12.9. The largest absolute Gasteiger partial charge is 0.393 e. The zero-order chi connectivity index (χ0) is 26.1. The van der Waals surface area contributed by atoms with Gasteiger partial charge in [-0.15, -0.1) is 0 Å². The van der Waals surface area contributed by atoms with E-state index in [4.69, 9.17) is 9.47 Å². The molecule has 0 amide bonds. The molecule has 7 rings (SSSR count). The third kappa shape index (κ3) is 2.20. The minimum Gasteiger partial charge on any atom is -0.393 e. The van der Waals surface area contributed by atoms with Crippen LogP contribution < -0.4 is 0 Å². The van der Waals surface area contributed by atoms with Crippen molar-refractivity contribution >= 4 is 5.78 Å². The number of hydrogen-bond acceptors (Lipinski definition) is 6. The van der Waals surface area contributed by atoms with Gasteiger partial charge >= 0.3 is 0 Å². The molecular formula is C30H44O6. The summed E-state index contributed by atoms with van der Waals surface area (Å²) in [5, 5.41) is 35.6. The Bertz CT molecular complexity index is 1080. The summed E-state index contributed by atoms with van der Waals surface area (Å²) in [6.45, 7) is 14.3. The summed E-state index contributed by atoms with van der Waals surface area (Å²) in [6.07, 6.45) is 5.97. The number of allylic oxidation sites excluding steroid dienone is 2. The van der Waals surface area contributed by atoms with E-state index in [0.29, 0.717) is 6.42 Å². The highest BCUT2D eigenvalue weighted by molar-refractivity contribution is 5.96. The quantitative estimate of drug-likeness (QED) is 0.509. The van der Waals surface area contributed by atoms with Crippen molar-refractivity contribution in [3.05, 3.63) is 12.2 Å². The van der Waals surface area contributed by atoms with Crippen LogP contribution in [0.1, 0.15) is 80.6 Å². The summed E-state index contributed by atoms with van der Waals surface area (Å²) in [5.74, 6) is -0.552. The lowest BCUT2D eigenvalue weighted by atomic mass is 9.41. The van der Waals surface area contributed by atoms with Gasteiger partial charge in [-0.25, -0.2) is 0 Å². The first kappa shape index (κ1) is 24.3. The molecule has 4 saturated carbocycles. The Balaban J connectivity index is 1.38. The molecule has 13 atom stereocenters. The monoisotopic (exact) mass is 500 g/mol. The molecule has 0 radical (unpaired) electrons. The normalized spacial score (nSPS) is 62.1. The number of aliphatic hydroxyl groups is 3. The van der Waals surface area contributed by atoms with Crippen LogP contribution in [0.2, 0.25) is 0 Å². The van der Waals surface area contributed by atoms with Crippen molar-refractivity contribution < 1.29 is 29.6 Å². The first-order valence-corrected chi connectivity index (χ1v) is 14.2. The van der Waals surface area contributed by atoms with Crippen LogP contribution in [0.4, 0.5) is 0 Å². The lowest BCUT2D eigenvalue weighted by Crippen LogP contribution is -2.63. The highest BCUT2D eigenvalue weighted by Gasteiger charge is 2.89. The Morgan fingerprint density at radius 1 is 1.03 bits per heavy atom. The molecular weight excluding hydrogens is 456 g/mol. The van der Waals surface area contributed by atoms with Crippen LogP contribution in [0.5, 0.6) is 0 Å². The standard InChI is InChI=1S/C30H44O6/c1-15-12-16-22(25(4,5)34)36-30(35-16)21(15)27(7)20(32)13-29-14-28(29)11-10-19(31)24(2,3)17(28)8-9-18(29)26(27,6)23(30)33/h10-11,15-18,20-23,32-34H,8-9,12-14H2,1-7H3. The number of ketones is 1. The smallest absolute Gasteiger partial charge is 0.199 e. The van der Waals surface area contributed by atoms with Gasteiger partial charge in [0.1, 0.15) is 12.2 Å². The van der Waals surface area contributed by atoms with E-state index in [0.717, 1.165) is 25.7 Å². The second-order valence-corrected chi connectivity index (χ2v) is 15.4. The van der Waals surface area contributed by atoms with Gasteiger partial charge in [-0.2, -0.15) is 0 Å². The fraction of sp³-hybridized carbons (Fsp3) is 0.900. The molecule has 13 unspecified atom stereocenters. The van der Waals surface area contributed by atoms with E-state index in [-0.39, 0.29) is 46.4 Å². The van der Waals surface area contributed by atoms with Crippen molar-refractivity contribution in [1.29, 1.82) is 0 Å². The van der Waals surface area contributed by atoms with Gasteiger partial charge in [-0.3, -0.25) is 4.79 Å². The molecule has 200 valence electrons. The molecule has 2 heterocycles. The van der Waals surface area contributed by atoms with Crippen LogP contribution in [0.3, 0.4) is 0 Å². The van der Waals surface area contributed by atoms with E-state index in [1.165, 1.54) is 0 Å². The average molecular weight is 501 g/mol. The van der Waals surface area contributed by atoms with Gasteiger partial charge in [0.2, 0.25) is 0 Å². The van der Waals surface area contributed by atoms with E-state index in [1.54, 1.807) is 13.8 Å². The maximum atomic E-state index is 12.9. The Labute approximate surface area is 214 Å². The summed E-state index contributed by atoms with van der Waals surface area (Å²) in [7, 11) is 0. The number of carbonyl (C=O) groups is 1. The number of aliphatic hydroxyl groups excluding tert-OH is 2. The van der Waals surface area contributed by atoms with Crippen molar-refractivity contribution in [3.8, 4) is 0 Å². The maximum Gasteiger partial charge on any atom is 0.199 e. The van der Waals surface area contributed by atoms with Gasteiger partial charge in [0.15, 0.2) is 11.6 Å². The van der Waals surface area contributed by atoms with E-state index < -0.39 is 45.9 Å². The minimum atomic E-state index is -1.22. The third-order valence-electron chi connectivity index (χ3n) is 13.5. The van der Waals surface area contributed by atoms with Crippen LogP contribution in [0.25, 0.3) is 0 Å². The first-order valence-electron chi connectivity index (χ1n) is 14.2. The van der Waals surface area contributed by atoms with E-state index in [1.807, 2.05) is 6.08 Å². The van der Waals surface area contributed by atoms with Crippen molar-refractivity contribution in [2.75, 3.05) is 0 Å². The Morgan fingerprint density at radius 3 is 2.36 bits per heavy atom. The van der Waals surface area contributed by atoms with Crippen molar-refractivity contribution in [3.63, 3.8) is 0 Å². The molecule has 2 aliphatic heterocycles. The molecule has 6 fully saturated rings. The number of ether oxygens (including phenoxy) is 2. The SMILES string of the molecule is CC1CC2OC3(OC2C(C)(C)O)C(O)C2(C)C4CCC5C(C)(C)C(=O)C=CC56CC46CC(O)C2(C)C13. The van der Waals surface area contributed by atoms with Crippen molar-refractivity contribution in [2.45, 2.75) is 116 Å². The fourth-order valence-electron chi connectivity index (χ4n) is 12.0. The highest BCUT2D eigenvalue weighted by atomic mass is 16.8. The highest BCUT2D eigenvalue weighted by Crippen LogP contribution is 2.89. The Kier molecular flexibility index (Phi) is 4.27. The van der Waals surface area contributed by atoms with E-state index >= 15 is 0 Å². The molecule has 0 aromatic rings. The summed E-state index contributed by atoms with van der Waals surface area (Å²) >= 11 is 0. The molecule has 6 nitrogen and oxygen atoms in total. The van der Waals surface area contributed by atoms with Crippen LogP contribution >= 0.6 is 0 Å². The van der Waals surface area contributed by atoms with E-state index in [9.17, 15) is 20.1 Å². The number of fused-ring (bicyclic) bond motifs is 4. The molecule has 0 aromatic carbocycles. The topological polar surface area (TPSA) is 96.2 Å². The summed E-state index contributed by atoms with van der Waals surface area (Å²) in [6, 6.07) is 0. The zero-order valence-corrected chi connectivity index (χ0v) is 22.9. The summed E-state index contributed by atoms with van der Waals surface area (Å²) in [4.78, 5) is 12.9. The predicted octanol–water partition coefficient (Wildman–Crippen LogP) is 3.61. The molecule has 7 aliphatic rings. The van der Waals surface area contributed by atoms with Gasteiger partial charge < -0.3 is 24.8 Å². The van der Waals surface area contributed by atoms with E-state index in [2.05, 4.69) is 40.7 Å². The van der Waals surface area contributed by atoms with Crippen LogP contribution in [0, 0.1) is 50.7 Å². The lowest BCUT2D eigenvalue weighted by Gasteiger charge is -2.63. The van der Waals surface area contributed by atoms with Crippen LogP contribution in [-0.4, -0.2) is 56.9 Å². The number of hydrogen-bond donors (Lipinski definition) is 3. The van der Waals surface area contributed by atoms with Crippen LogP contribution in [-0.2, 0) is 14.3 Å². The number of carbonyl (C=O) groups excluding carboxylic acids is 1. The molecule has 2 saturated heterocycles. The van der Waals surface area contributed by atoms with Gasteiger partial charge in [0.05, 0.1) is 17.8 Å². The van der Waals surface area contributed by atoms with Gasteiger partial charge in [0.25, 0.3) is 0 Å². The van der Waals surface area contributed by atoms with Gasteiger partial charge in [-0.1, -0.05) is 40.7 Å². The lowest BCUT2D eigenvalue weighted by molar-refractivity contribution is -0.283. The second kappa shape index (κ2) is 6.33. The molecule has 3 N–H and O–H groups in total. The van der Waals surface area contributed by atoms with Gasteiger partial charge in [-0.05, 0) is 80.6 Å². The summed E-state index contributed by atoms with van der Waals surface area (Å²) in [5.41, 5.74) is -2.94. The fourth-order valence-corrected chi connectivity index (χ4v) is 12.0. The molecule has 3 spiro atoms. The second-order valence-electron chi connectivity index (χ2n) is 15.4. The van der Waals surface area contributed by atoms with Gasteiger partial charge in [0, 0.05) is 22.2 Å². The summed E-state index contributed by atoms with van der Waals surface area (Å²) < 4.78 is 13.4. The molecule has 36 heavy (non-hydrogen) atoms. The predicted molar refractivity (Wildman–Crippen MR) is 133 cm³/mol. The Morgan fingerprint density at radius 2 is 1.69 bits per heavy atom. The first-order chi connectivity index (χ1) is 16.5. The van der Waals surface area contributed by atoms with Crippen molar-refractivity contribution in [1.82, 2.24) is 0 Å². The van der Waals surface area contributed by atoms with Crippen LogP contribution in [0.15, 0.2) is 12.2 Å².